The fraction of sp³-hybridized carbons (Fsp3) is 0.261. The van der Waals surface area contributed by atoms with Crippen LogP contribution < -0.4 is 0 Å². The molecule has 0 unspecified atom stereocenters. The Bertz CT molecular complexity index is 931. The van der Waals surface area contributed by atoms with Gasteiger partial charge in [0.1, 0.15) is 11.6 Å². The van der Waals surface area contributed by atoms with E-state index < -0.39 is 0 Å². The molecule has 3 nitrogen and oxygen atoms in total. The summed E-state index contributed by atoms with van der Waals surface area (Å²) in [5.74, 6) is -0.125. The molecule has 1 heterocycles. The van der Waals surface area contributed by atoms with E-state index in [1.807, 2.05) is 6.20 Å². The quantitative estimate of drug-likeness (QED) is 0.342. The van der Waals surface area contributed by atoms with Crippen molar-refractivity contribution in [3.63, 3.8) is 0 Å². The first-order chi connectivity index (χ1) is 12.3. The van der Waals surface area contributed by atoms with Crippen molar-refractivity contribution in [2.24, 2.45) is 0 Å². The molecule has 141 valence electrons. The standard InChI is InChI=1S/C18H16N.C5H8O2.Os/c1-12-4-5-15-6-7-19-18(17(15)11-12)16-9-13(2)8-14(3)10-16;1-4(6)3-5(2)7;/h4-9,11H,1-3H3;3H2,1-2H3;/q-1;;+1. The number of ketones is 2. The van der Waals surface area contributed by atoms with Crippen LogP contribution >= 0.6 is 0 Å². The van der Waals surface area contributed by atoms with Gasteiger partial charge in [0.15, 0.2) is 0 Å². The van der Waals surface area contributed by atoms with Crippen LogP contribution in [0.4, 0.5) is 0 Å². The molecule has 0 aliphatic carbocycles. The van der Waals surface area contributed by atoms with Crippen LogP contribution in [-0.2, 0) is 29.4 Å². The van der Waals surface area contributed by atoms with E-state index in [0.29, 0.717) is 0 Å². The second-order valence-electron chi connectivity index (χ2n) is 6.72. The van der Waals surface area contributed by atoms with Crippen LogP contribution in [0.5, 0.6) is 0 Å². The molecule has 1 aromatic heterocycles. The summed E-state index contributed by atoms with van der Waals surface area (Å²) in [6.45, 7) is 9.11. The Morgan fingerprint density at radius 2 is 1.59 bits per heavy atom. The molecule has 0 saturated carbocycles. The van der Waals surface area contributed by atoms with Crippen LogP contribution in [0.2, 0.25) is 0 Å². The van der Waals surface area contributed by atoms with Crippen molar-refractivity contribution in [1.29, 1.82) is 0 Å². The average Bonchev–Trinajstić information content (AvgIpc) is 2.52. The summed E-state index contributed by atoms with van der Waals surface area (Å²) in [5, 5.41) is 2.42. The Hall–Kier alpha value is -2.17. The zero-order chi connectivity index (χ0) is 19.3. The van der Waals surface area contributed by atoms with Gasteiger partial charge in [-0.25, -0.2) is 0 Å². The maximum atomic E-state index is 10.0. The number of benzene rings is 2. The van der Waals surface area contributed by atoms with Gasteiger partial charge in [0, 0.05) is 6.20 Å². The SMILES string of the molecule is CC(=O)CC(C)=O.Cc1[c-]c(-c2nccc3ccc(C)cc23)cc(C)c1.[Os+]. The number of rotatable bonds is 3. The van der Waals surface area contributed by atoms with Crippen LogP contribution in [0.15, 0.2) is 42.6 Å². The molecule has 3 aromatic rings. The minimum absolute atomic E-state index is 0. The molecule has 0 saturated heterocycles. The Morgan fingerprint density at radius 3 is 2.15 bits per heavy atom. The van der Waals surface area contributed by atoms with Crippen molar-refractivity contribution in [3.05, 3.63) is 65.4 Å². The summed E-state index contributed by atoms with van der Waals surface area (Å²) < 4.78 is 0. The third-order valence-electron chi connectivity index (χ3n) is 3.82. The van der Waals surface area contributed by atoms with Gasteiger partial charge in [0.25, 0.3) is 0 Å². The van der Waals surface area contributed by atoms with Crippen molar-refractivity contribution in [2.45, 2.75) is 41.0 Å². The summed E-state index contributed by atoms with van der Waals surface area (Å²) in [6.07, 6.45) is 1.96. The van der Waals surface area contributed by atoms with Crippen molar-refractivity contribution < 1.29 is 29.4 Å². The molecule has 0 spiro atoms. The first-order valence-electron chi connectivity index (χ1n) is 8.61. The van der Waals surface area contributed by atoms with E-state index in [2.05, 4.69) is 68.2 Å². The van der Waals surface area contributed by atoms with E-state index in [-0.39, 0.29) is 37.8 Å². The van der Waals surface area contributed by atoms with E-state index >= 15 is 0 Å². The van der Waals surface area contributed by atoms with Gasteiger partial charge in [-0.2, -0.15) is 0 Å². The Balaban J connectivity index is 0.000000395. The molecule has 2 aromatic carbocycles. The fourth-order valence-corrected chi connectivity index (χ4v) is 2.87. The smallest absolute Gasteiger partial charge is 0.304 e. The average molecular weight is 537 g/mol. The Morgan fingerprint density at radius 1 is 0.926 bits per heavy atom. The van der Waals surface area contributed by atoms with Gasteiger partial charge < -0.3 is 4.98 Å². The molecule has 0 amide bonds. The normalized spacial score (nSPS) is 9.81. The van der Waals surface area contributed by atoms with E-state index in [1.54, 1.807) is 0 Å². The largest absolute Gasteiger partial charge is 1.00 e. The number of aryl methyl sites for hydroxylation is 3. The molecule has 0 bridgehead atoms. The minimum atomic E-state index is -0.0625. The van der Waals surface area contributed by atoms with Crippen LogP contribution in [0, 0.1) is 26.8 Å². The van der Waals surface area contributed by atoms with Gasteiger partial charge in [-0.1, -0.05) is 37.6 Å². The molecule has 27 heavy (non-hydrogen) atoms. The van der Waals surface area contributed by atoms with Crippen molar-refractivity contribution in [2.75, 3.05) is 0 Å². The molecule has 4 heteroatoms. The van der Waals surface area contributed by atoms with Crippen LogP contribution in [0.1, 0.15) is 37.0 Å². The van der Waals surface area contributed by atoms with Crippen molar-refractivity contribution >= 4 is 22.3 Å². The van der Waals surface area contributed by atoms with E-state index in [9.17, 15) is 9.59 Å². The van der Waals surface area contributed by atoms with Crippen molar-refractivity contribution in [1.82, 2.24) is 4.98 Å². The molecule has 0 aliphatic heterocycles. The van der Waals surface area contributed by atoms with E-state index in [4.69, 9.17) is 0 Å². The maximum absolute atomic E-state index is 10.0. The number of Topliss-reactive ketones (excluding diaryl/α,β-unsaturated/α-hetero) is 2. The molecule has 0 N–H and O–H groups in total. The monoisotopic (exact) mass is 538 g/mol. The van der Waals surface area contributed by atoms with E-state index in [1.165, 1.54) is 35.7 Å². The number of aromatic nitrogens is 1. The molecule has 3 rings (SSSR count). The van der Waals surface area contributed by atoms with Crippen molar-refractivity contribution in [3.8, 4) is 11.3 Å². The zero-order valence-corrected chi connectivity index (χ0v) is 18.9. The first kappa shape index (κ1) is 22.9. The molecule has 0 fully saturated rings. The van der Waals surface area contributed by atoms with Gasteiger partial charge in [0.05, 0.1) is 6.42 Å². The third-order valence-corrected chi connectivity index (χ3v) is 3.82. The molecule has 0 aliphatic rings. The predicted octanol–water partition coefficient (Wildman–Crippen LogP) is 5.18. The third kappa shape index (κ3) is 6.81. The first-order valence-corrected chi connectivity index (χ1v) is 8.61. The number of carbonyl (C=O) groups excluding carboxylic acids is 2. The zero-order valence-electron chi connectivity index (χ0n) is 16.4. The summed E-state index contributed by atoms with van der Waals surface area (Å²) in [7, 11) is 0. The number of pyridine rings is 1. The topological polar surface area (TPSA) is 47.0 Å². The number of hydrogen-bond acceptors (Lipinski definition) is 3. The fourth-order valence-electron chi connectivity index (χ4n) is 2.87. The number of carbonyl (C=O) groups is 2. The molecular weight excluding hydrogens is 512 g/mol. The molecule has 0 atom stereocenters. The predicted molar refractivity (Wildman–Crippen MR) is 106 cm³/mol. The van der Waals surface area contributed by atoms with Gasteiger partial charge >= 0.3 is 19.8 Å². The second kappa shape index (κ2) is 10.2. The Kier molecular flexibility index (Phi) is 8.67. The maximum Gasteiger partial charge on any atom is 1.00 e. The second-order valence-corrected chi connectivity index (χ2v) is 6.72. The summed E-state index contributed by atoms with van der Waals surface area (Å²) in [6, 6.07) is 16.2. The summed E-state index contributed by atoms with van der Waals surface area (Å²) in [4.78, 5) is 24.6. The minimum Gasteiger partial charge on any atom is -0.304 e. The number of hydrogen-bond donors (Lipinski definition) is 0. The molecule has 1 radical (unpaired) electrons. The van der Waals surface area contributed by atoms with Gasteiger partial charge in [-0.3, -0.25) is 9.59 Å². The summed E-state index contributed by atoms with van der Waals surface area (Å²) in [5.41, 5.74) is 5.76. The van der Waals surface area contributed by atoms with Gasteiger partial charge in [0.2, 0.25) is 0 Å². The van der Waals surface area contributed by atoms with Crippen LogP contribution in [0.3, 0.4) is 0 Å². The van der Waals surface area contributed by atoms with E-state index in [0.717, 1.165) is 16.8 Å². The van der Waals surface area contributed by atoms with Crippen LogP contribution in [0.25, 0.3) is 22.0 Å². The molecular formula is C23H24NO2Os. The Labute approximate surface area is 174 Å². The van der Waals surface area contributed by atoms with Crippen LogP contribution in [-0.4, -0.2) is 16.6 Å². The van der Waals surface area contributed by atoms with Gasteiger partial charge in [-0.05, 0) is 43.3 Å². The summed E-state index contributed by atoms with van der Waals surface area (Å²) >= 11 is 0. The van der Waals surface area contributed by atoms with Gasteiger partial charge in [-0.15, -0.1) is 34.9 Å². The number of nitrogens with zero attached hydrogens (tertiary/aromatic N) is 1. The number of fused-ring (bicyclic) bond motifs is 1.